The van der Waals surface area contributed by atoms with Crippen LogP contribution in [-0.2, 0) is 11.2 Å². The highest BCUT2D eigenvalue weighted by atomic mass is 16.6. The molecule has 1 amide bonds. The lowest BCUT2D eigenvalue weighted by atomic mass is 9.99. The fourth-order valence-corrected chi connectivity index (χ4v) is 2.14. The van der Waals surface area contributed by atoms with E-state index in [0.29, 0.717) is 0 Å². The van der Waals surface area contributed by atoms with Gasteiger partial charge >= 0.3 is 6.09 Å². The lowest BCUT2D eigenvalue weighted by Gasteiger charge is -2.20. The highest BCUT2D eigenvalue weighted by Crippen LogP contribution is 2.15. The van der Waals surface area contributed by atoms with Gasteiger partial charge in [-0.15, -0.1) is 0 Å². The number of hydrogen-bond acceptors (Lipinski definition) is 2. The summed E-state index contributed by atoms with van der Waals surface area (Å²) >= 11 is 0. The van der Waals surface area contributed by atoms with Gasteiger partial charge in [0.25, 0.3) is 0 Å². The minimum absolute atomic E-state index is 0.0465. The van der Waals surface area contributed by atoms with Crippen molar-refractivity contribution in [1.29, 1.82) is 0 Å². The van der Waals surface area contributed by atoms with Crippen molar-refractivity contribution in [1.82, 2.24) is 5.32 Å². The Morgan fingerprint density at radius 2 is 2.00 bits per heavy atom. The zero-order valence-electron chi connectivity index (χ0n) is 13.1. The van der Waals surface area contributed by atoms with Crippen LogP contribution in [0, 0.1) is 6.92 Å². The minimum Gasteiger partial charge on any atom is -0.446 e. The Bertz CT molecular complexity index is 415. The number of rotatable bonds is 7. The number of carbonyl (C=O) groups excluding carboxylic acids is 1. The molecule has 0 saturated carbocycles. The Kier molecular flexibility index (Phi) is 7.13. The second-order valence-corrected chi connectivity index (χ2v) is 5.60. The first kappa shape index (κ1) is 16.5. The molecule has 0 saturated heterocycles. The van der Waals surface area contributed by atoms with E-state index < -0.39 is 0 Å². The molecule has 0 aliphatic carbocycles. The van der Waals surface area contributed by atoms with Gasteiger partial charge in [-0.05, 0) is 38.3 Å². The Morgan fingerprint density at radius 3 is 2.60 bits per heavy atom. The summed E-state index contributed by atoms with van der Waals surface area (Å²) < 4.78 is 5.57. The number of hydrogen-bond donors (Lipinski definition) is 1. The second kappa shape index (κ2) is 8.62. The van der Waals surface area contributed by atoms with E-state index >= 15 is 0 Å². The van der Waals surface area contributed by atoms with Gasteiger partial charge in [-0.3, -0.25) is 0 Å². The Labute approximate surface area is 122 Å². The van der Waals surface area contributed by atoms with Crippen molar-refractivity contribution >= 4 is 6.09 Å². The number of unbranched alkanes of at least 4 members (excludes halogenated alkanes) is 1. The molecule has 1 N–H and O–H groups in total. The van der Waals surface area contributed by atoms with Crippen molar-refractivity contribution in [2.45, 2.75) is 65.5 Å². The highest BCUT2D eigenvalue weighted by Gasteiger charge is 2.16. The van der Waals surface area contributed by atoms with Gasteiger partial charge in [0.1, 0.15) is 6.10 Å². The molecule has 0 unspecified atom stereocenters. The molecule has 0 spiro atoms. The molecule has 0 radical (unpaired) electrons. The number of benzene rings is 1. The molecule has 1 aromatic carbocycles. The molecule has 0 fully saturated rings. The van der Waals surface area contributed by atoms with E-state index in [4.69, 9.17) is 4.74 Å². The molecule has 20 heavy (non-hydrogen) atoms. The molecule has 1 atom stereocenters. The van der Waals surface area contributed by atoms with Crippen molar-refractivity contribution in [2.75, 3.05) is 0 Å². The predicted molar refractivity (Wildman–Crippen MR) is 82.9 cm³/mol. The third-order valence-corrected chi connectivity index (χ3v) is 3.27. The summed E-state index contributed by atoms with van der Waals surface area (Å²) in [6.45, 7) is 8.12. The standard InChI is InChI=1S/C17H27NO2/c1-5-6-11-16(20-17(19)18-13(2)3)12-15-10-8-7-9-14(15)4/h7-10,13,16H,5-6,11-12H2,1-4H3,(H,18,19)/t16-/m0/s1. The molecule has 112 valence electrons. The van der Waals surface area contributed by atoms with Gasteiger partial charge in [0.15, 0.2) is 0 Å². The van der Waals surface area contributed by atoms with E-state index in [2.05, 4.69) is 31.3 Å². The van der Waals surface area contributed by atoms with Crippen LogP contribution >= 0.6 is 0 Å². The lowest BCUT2D eigenvalue weighted by Crippen LogP contribution is -2.34. The summed E-state index contributed by atoms with van der Waals surface area (Å²) in [6, 6.07) is 8.38. The van der Waals surface area contributed by atoms with E-state index in [1.165, 1.54) is 11.1 Å². The van der Waals surface area contributed by atoms with Crippen molar-refractivity contribution in [3.8, 4) is 0 Å². The third kappa shape index (κ3) is 6.09. The smallest absolute Gasteiger partial charge is 0.407 e. The van der Waals surface area contributed by atoms with Crippen LogP contribution in [0.4, 0.5) is 4.79 Å². The maximum atomic E-state index is 11.8. The maximum Gasteiger partial charge on any atom is 0.407 e. The zero-order chi connectivity index (χ0) is 15.0. The van der Waals surface area contributed by atoms with E-state index in [9.17, 15) is 4.79 Å². The molecule has 0 heterocycles. The van der Waals surface area contributed by atoms with Crippen LogP contribution in [0.1, 0.15) is 51.2 Å². The van der Waals surface area contributed by atoms with Crippen molar-refractivity contribution < 1.29 is 9.53 Å². The van der Waals surface area contributed by atoms with Gasteiger partial charge in [-0.25, -0.2) is 4.79 Å². The third-order valence-electron chi connectivity index (χ3n) is 3.27. The molecular formula is C17H27NO2. The average Bonchev–Trinajstić information content (AvgIpc) is 2.37. The van der Waals surface area contributed by atoms with Crippen LogP contribution in [0.2, 0.25) is 0 Å². The maximum absolute atomic E-state index is 11.8. The molecule has 0 bridgehead atoms. The summed E-state index contributed by atoms with van der Waals surface area (Å²) in [5.41, 5.74) is 2.51. The number of aryl methyl sites for hydroxylation is 1. The first-order chi connectivity index (χ1) is 9.52. The molecule has 1 aromatic rings. The Hall–Kier alpha value is -1.51. The van der Waals surface area contributed by atoms with Gasteiger partial charge < -0.3 is 10.1 Å². The predicted octanol–water partition coefficient (Wildman–Crippen LogP) is 4.23. The van der Waals surface area contributed by atoms with Crippen molar-refractivity contribution in [3.63, 3.8) is 0 Å². The van der Waals surface area contributed by atoms with E-state index in [1.54, 1.807) is 0 Å². The Morgan fingerprint density at radius 1 is 1.30 bits per heavy atom. The largest absolute Gasteiger partial charge is 0.446 e. The van der Waals surface area contributed by atoms with Crippen molar-refractivity contribution in [2.24, 2.45) is 0 Å². The van der Waals surface area contributed by atoms with Gasteiger partial charge in [0.05, 0.1) is 0 Å². The monoisotopic (exact) mass is 277 g/mol. The SMILES string of the molecule is CCCC[C@@H](Cc1ccccc1C)OC(=O)NC(C)C. The number of alkyl carbamates (subject to hydrolysis) is 1. The first-order valence-corrected chi connectivity index (χ1v) is 7.54. The molecule has 3 heteroatoms. The fraction of sp³-hybridized carbons (Fsp3) is 0.588. The van der Waals surface area contributed by atoms with Gasteiger partial charge in [-0.2, -0.15) is 0 Å². The summed E-state index contributed by atoms with van der Waals surface area (Å²) in [6.07, 6.45) is 3.53. The zero-order valence-corrected chi connectivity index (χ0v) is 13.1. The van der Waals surface area contributed by atoms with Crippen LogP contribution in [0.15, 0.2) is 24.3 Å². The molecule has 3 nitrogen and oxygen atoms in total. The van der Waals surface area contributed by atoms with Gasteiger partial charge in [0, 0.05) is 12.5 Å². The summed E-state index contributed by atoms with van der Waals surface area (Å²) in [5.74, 6) is 0. The molecule has 0 aromatic heterocycles. The summed E-state index contributed by atoms with van der Waals surface area (Å²) in [4.78, 5) is 11.8. The van der Waals surface area contributed by atoms with Gasteiger partial charge in [0.2, 0.25) is 0 Å². The lowest BCUT2D eigenvalue weighted by molar-refractivity contribution is 0.0893. The summed E-state index contributed by atoms with van der Waals surface area (Å²) in [5, 5.41) is 2.79. The number of nitrogens with one attached hydrogen (secondary N) is 1. The van der Waals surface area contributed by atoms with Crippen LogP contribution in [0.5, 0.6) is 0 Å². The van der Waals surface area contributed by atoms with E-state index in [1.807, 2.05) is 26.0 Å². The van der Waals surface area contributed by atoms with Gasteiger partial charge in [-0.1, -0.05) is 44.0 Å². The van der Waals surface area contributed by atoms with E-state index in [-0.39, 0.29) is 18.2 Å². The van der Waals surface area contributed by atoms with Crippen LogP contribution in [-0.4, -0.2) is 18.2 Å². The minimum atomic E-state index is -0.310. The number of carbonyl (C=O) groups is 1. The topological polar surface area (TPSA) is 38.3 Å². The molecule has 1 rings (SSSR count). The van der Waals surface area contributed by atoms with Crippen LogP contribution < -0.4 is 5.32 Å². The normalized spacial score (nSPS) is 12.2. The van der Waals surface area contributed by atoms with Crippen LogP contribution in [0.3, 0.4) is 0 Å². The summed E-state index contributed by atoms with van der Waals surface area (Å²) in [7, 11) is 0. The van der Waals surface area contributed by atoms with E-state index in [0.717, 1.165) is 25.7 Å². The molecular weight excluding hydrogens is 250 g/mol. The quantitative estimate of drug-likeness (QED) is 0.810. The van der Waals surface area contributed by atoms with Crippen molar-refractivity contribution in [3.05, 3.63) is 35.4 Å². The highest BCUT2D eigenvalue weighted by molar-refractivity contribution is 5.67. The first-order valence-electron chi connectivity index (χ1n) is 7.54. The number of ether oxygens (including phenoxy) is 1. The fourth-order valence-electron chi connectivity index (χ4n) is 2.14. The Balaban J connectivity index is 2.64. The average molecular weight is 277 g/mol. The molecule has 0 aliphatic heterocycles. The second-order valence-electron chi connectivity index (χ2n) is 5.60. The molecule has 0 aliphatic rings. The number of amides is 1. The van der Waals surface area contributed by atoms with Crippen LogP contribution in [0.25, 0.3) is 0 Å².